The highest BCUT2D eigenvalue weighted by Crippen LogP contribution is 2.19. The van der Waals surface area contributed by atoms with Crippen LogP contribution in [0.4, 0.5) is 9.93 Å². The number of ether oxygens (including phenoxy) is 1. The Morgan fingerprint density at radius 2 is 1.81 bits per heavy atom. The smallest absolute Gasteiger partial charge is 0.408 e. The van der Waals surface area contributed by atoms with Gasteiger partial charge in [0.1, 0.15) is 17.7 Å². The minimum absolute atomic E-state index is 0.114. The van der Waals surface area contributed by atoms with Crippen molar-refractivity contribution in [2.75, 3.05) is 5.32 Å². The van der Waals surface area contributed by atoms with E-state index in [2.05, 4.69) is 34.7 Å². The van der Waals surface area contributed by atoms with Crippen molar-refractivity contribution in [3.05, 3.63) is 40.9 Å². The van der Waals surface area contributed by atoms with Gasteiger partial charge in [-0.3, -0.25) is 10.1 Å². The Morgan fingerprint density at radius 3 is 2.44 bits per heavy atom. The third-order valence-corrected chi connectivity index (χ3v) is 4.58. The molecule has 2 N–H and O–H groups in total. The van der Waals surface area contributed by atoms with Crippen LogP contribution in [0.25, 0.3) is 0 Å². The number of nitrogens with one attached hydrogen (secondary N) is 2. The van der Waals surface area contributed by atoms with E-state index in [-0.39, 0.29) is 18.4 Å². The molecule has 0 saturated heterocycles. The number of nitrogens with zero attached hydrogens (tertiary/aromatic N) is 2. The van der Waals surface area contributed by atoms with Gasteiger partial charge in [-0.1, -0.05) is 69.4 Å². The van der Waals surface area contributed by atoms with Crippen molar-refractivity contribution in [2.24, 2.45) is 11.8 Å². The van der Waals surface area contributed by atoms with Crippen LogP contribution >= 0.6 is 11.3 Å². The molecule has 27 heavy (non-hydrogen) atoms. The molecule has 146 valence electrons. The maximum atomic E-state index is 12.6. The van der Waals surface area contributed by atoms with Crippen molar-refractivity contribution in [3.63, 3.8) is 0 Å². The molecule has 0 spiro atoms. The fourth-order valence-corrected chi connectivity index (χ4v) is 3.30. The zero-order valence-corrected chi connectivity index (χ0v) is 16.9. The summed E-state index contributed by atoms with van der Waals surface area (Å²) < 4.78 is 5.20. The molecule has 0 fully saturated rings. The first-order valence-corrected chi connectivity index (χ1v) is 9.77. The average molecular weight is 391 g/mol. The first kappa shape index (κ1) is 20.8. The summed E-state index contributed by atoms with van der Waals surface area (Å²) in [7, 11) is 0. The Bertz CT molecular complexity index is 746. The molecule has 1 heterocycles. The lowest BCUT2D eigenvalue weighted by Crippen LogP contribution is -2.47. The number of carbonyl (C=O) groups excluding carboxylic acids is 2. The number of aromatic nitrogens is 2. The molecule has 0 unspecified atom stereocenters. The monoisotopic (exact) mass is 390 g/mol. The number of rotatable bonds is 8. The molecule has 1 aromatic heterocycles. The molecule has 7 nitrogen and oxygen atoms in total. The van der Waals surface area contributed by atoms with Gasteiger partial charge in [-0.2, -0.15) is 0 Å². The van der Waals surface area contributed by atoms with Gasteiger partial charge in [-0.25, -0.2) is 4.79 Å². The normalized spacial score (nSPS) is 12.1. The van der Waals surface area contributed by atoms with E-state index in [1.807, 2.05) is 44.2 Å². The van der Waals surface area contributed by atoms with Crippen LogP contribution in [0.1, 0.15) is 38.3 Å². The minimum atomic E-state index is -0.731. The molecule has 2 amide bonds. The summed E-state index contributed by atoms with van der Waals surface area (Å²) in [4.78, 5) is 24.6. The molecule has 0 saturated carbocycles. The fourth-order valence-electron chi connectivity index (χ4n) is 2.35. The summed E-state index contributed by atoms with van der Waals surface area (Å²) in [5, 5.41) is 14.7. The highest BCUT2D eigenvalue weighted by Gasteiger charge is 2.26. The summed E-state index contributed by atoms with van der Waals surface area (Å²) in [6.45, 7) is 8.05. The van der Waals surface area contributed by atoms with Gasteiger partial charge < -0.3 is 10.1 Å². The van der Waals surface area contributed by atoms with Gasteiger partial charge in [-0.15, -0.1) is 10.2 Å². The zero-order chi connectivity index (χ0) is 19.8. The quantitative estimate of drug-likeness (QED) is 0.718. The van der Waals surface area contributed by atoms with Crippen molar-refractivity contribution in [1.82, 2.24) is 15.5 Å². The molecule has 2 aromatic rings. The first-order valence-electron chi connectivity index (χ1n) is 8.95. The lowest BCUT2D eigenvalue weighted by atomic mass is 10.0. The maximum absolute atomic E-state index is 12.6. The minimum Gasteiger partial charge on any atom is -0.445 e. The van der Waals surface area contributed by atoms with Gasteiger partial charge in [0.05, 0.1) is 0 Å². The molecule has 1 atom stereocenters. The Balaban J connectivity index is 1.90. The number of alkyl carbamates (subject to hydrolysis) is 1. The summed E-state index contributed by atoms with van der Waals surface area (Å²) >= 11 is 1.35. The topological polar surface area (TPSA) is 93.2 Å². The van der Waals surface area contributed by atoms with Crippen LogP contribution < -0.4 is 10.6 Å². The van der Waals surface area contributed by atoms with Gasteiger partial charge >= 0.3 is 6.09 Å². The number of amides is 2. The molecular weight excluding hydrogens is 364 g/mol. The predicted octanol–water partition coefficient (Wildman–Crippen LogP) is 3.63. The Hall–Kier alpha value is -2.48. The molecule has 8 heteroatoms. The summed E-state index contributed by atoms with van der Waals surface area (Å²) in [6.07, 6.45) is 0.177. The molecule has 0 bridgehead atoms. The number of carbonyl (C=O) groups is 2. The van der Waals surface area contributed by atoms with Crippen LogP contribution in [0, 0.1) is 11.8 Å². The van der Waals surface area contributed by atoms with Crippen LogP contribution in [-0.2, 0) is 22.6 Å². The first-order chi connectivity index (χ1) is 12.8. The average Bonchev–Trinajstić information content (AvgIpc) is 3.04. The van der Waals surface area contributed by atoms with Crippen molar-refractivity contribution < 1.29 is 14.3 Å². The summed E-state index contributed by atoms with van der Waals surface area (Å²) in [5.74, 6) is 0.0113. The van der Waals surface area contributed by atoms with Crippen molar-refractivity contribution in [3.8, 4) is 0 Å². The predicted molar refractivity (Wildman–Crippen MR) is 105 cm³/mol. The molecule has 2 rings (SSSR count). The second-order valence-electron chi connectivity index (χ2n) is 7.02. The Morgan fingerprint density at radius 1 is 1.11 bits per heavy atom. The standard InChI is InChI=1S/C19H26N4O3S/c1-12(2)10-15-22-23-18(27-15)21-17(24)16(13(3)4)20-19(25)26-11-14-8-6-5-7-9-14/h5-9,12-13,16H,10-11H2,1-4H3,(H,20,25)(H,21,23,24)/t16-/m0/s1. The van der Waals surface area contributed by atoms with E-state index in [9.17, 15) is 9.59 Å². The van der Waals surface area contributed by atoms with E-state index in [1.165, 1.54) is 11.3 Å². The Labute approximate surface area is 163 Å². The third kappa shape index (κ3) is 6.97. The SMILES string of the molecule is CC(C)Cc1nnc(NC(=O)[C@@H](NC(=O)OCc2ccccc2)C(C)C)s1. The highest BCUT2D eigenvalue weighted by molar-refractivity contribution is 7.15. The van der Waals surface area contributed by atoms with E-state index in [0.29, 0.717) is 11.0 Å². The molecule has 0 aliphatic carbocycles. The van der Waals surface area contributed by atoms with E-state index < -0.39 is 12.1 Å². The highest BCUT2D eigenvalue weighted by atomic mass is 32.1. The Kier molecular flexibility index (Phi) is 7.72. The number of anilines is 1. The van der Waals surface area contributed by atoms with Crippen LogP contribution in [-0.4, -0.2) is 28.2 Å². The second-order valence-corrected chi connectivity index (χ2v) is 8.08. The lowest BCUT2D eigenvalue weighted by Gasteiger charge is -2.20. The van der Waals surface area contributed by atoms with Crippen LogP contribution in [0.5, 0.6) is 0 Å². The molecule has 1 aromatic carbocycles. The van der Waals surface area contributed by atoms with Gasteiger partial charge in [0.15, 0.2) is 0 Å². The van der Waals surface area contributed by atoms with Crippen molar-refractivity contribution >= 4 is 28.5 Å². The van der Waals surface area contributed by atoms with E-state index in [4.69, 9.17) is 4.74 Å². The summed E-state index contributed by atoms with van der Waals surface area (Å²) in [5.41, 5.74) is 0.879. The zero-order valence-electron chi connectivity index (χ0n) is 16.1. The van der Waals surface area contributed by atoms with Gasteiger partial charge in [0.25, 0.3) is 0 Å². The largest absolute Gasteiger partial charge is 0.445 e. The van der Waals surface area contributed by atoms with E-state index in [0.717, 1.165) is 17.0 Å². The van der Waals surface area contributed by atoms with Crippen LogP contribution in [0.3, 0.4) is 0 Å². The fraction of sp³-hybridized carbons (Fsp3) is 0.474. The molecule has 0 aliphatic heterocycles. The summed E-state index contributed by atoms with van der Waals surface area (Å²) in [6, 6.07) is 8.63. The van der Waals surface area contributed by atoms with E-state index in [1.54, 1.807) is 0 Å². The second kappa shape index (κ2) is 10.0. The molecule has 0 radical (unpaired) electrons. The maximum Gasteiger partial charge on any atom is 0.408 e. The lowest BCUT2D eigenvalue weighted by molar-refractivity contribution is -0.119. The van der Waals surface area contributed by atoms with Gasteiger partial charge in [-0.05, 0) is 17.4 Å². The van der Waals surface area contributed by atoms with Crippen molar-refractivity contribution in [1.29, 1.82) is 0 Å². The third-order valence-electron chi connectivity index (χ3n) is 3.72. The number of hydrogen-bond acceptors (Lipinski definition) is 6. The molecule has 0 aliphatic rings. The number of hydrogen-bond donors (Lipinski definition) is 2. The van der Waals surface area contributed by atoms with Crippen LogP contribution in [0.15, 0.2) is 30.3 Å². The van der Waals surface area contributed by atoms with Crippen LogP contribution in [0.2, 0.25) is 0 Å². The molecular formula is C19H26N4O3S. The number of benzene rings is 1. The van der Waals surface area contributed by atoms with Crippen molar-refractivity contribution in [2.45, 2.75) is 46.8 Å². The van der Waals surface area contributed by atoms with Gasteiger partial charge in [0.2, 0.25) is 11.0 Å². The van der Waals surface area contributed by atoms with E-state index >= 15 is 0 Å². The van der Waals surface area contributed by atoms with Gasteiger partial charge in [0, 0.05) is 6.42 Å².